The molecule has 0 fully saturated rings. The van der Waals surface area contributed by atoms with Crippen molar-refractivity contribution in [3.63, 3.8) is 0 Å². The predicted molar refractivity (Wildman–Crippen MR) is 99.5 cm³/mol. The van der Waals surface area contributed by atoms with Crippen molar-refractivity contribution in [2.24, 2.45) is 0 Å². The molecule has 3 aromatic carbocycles. The van der Waals surface area contributed by atoms with Gasteiger partial charge in [-0.15, -0.1) is 0 Å². The molecule has 1 N–H and O–H groups in total. The van der Waals surface area contributed by atoms with E-state index in [1.165, 1.54) is 17.0 Å². The zero-order chi connectivity index (χ0) is 17.4. The fourth-order valence-electron chi connectivity index (χ4n) is 2.79. The summed E-state index contributed by atoms with van der Waals surface area (Å²) in [5, 5.41) is 12.3. The lowest BCUT2D eigenvalue weighted by Gasteiger charge is -2.21. The van der Waals surface area contributed by atoms with Crippen LogP contribution >= 0.6 is 11.8 Å². The summed E-state index contributed by atoms with van der Waals surface area (Å²) in [5.74, 6) is -0.526. The Bertz CT molecular complexity index is 1050. The van der Waals surface area contributed by atoms with Crippen molar-refractivity contribution in [3.8, 4) is 6.07 Å². The van der Waals surface area contributed by atoms with Crippen LogP contribution in [0.15, 0.2) is 77.0 Å². The van der Waals surface area contributed by atoms with Crippen molar-refractivity contribution in [1.82, 2.24) is 0 Å². The standard InChI is InChI=1S/C21H13FN2S/c1-13(14-6-7-16(12-23)17(22)10-14)15-8-9-21-19(11-15)24-18-4-2-3-5-20(18)25-21/h2-11,24H,1H2. The largest absolute Gasteiger partial charge is 0.354 e. The maximum absolute atomic E-state index is 13.9. The summed E-state index contributed by atoms with van der Waals surface area (Å²) in [6.07, 6.45) is 0. The van der Waals surface area contributed by atoms with Gasteiger partial charge in [0.25, 0.3) is 0 Å². The fourth-order valence-corrected chi connectivity index (χ4v) is 3.76. The van der Waals surface area contributed by atoms with E-state index in [4.69, 9.17) is 5.26 Å². The quantitative estimate of drug-likeness (QED) is 0.487. The van der Waals surface area contributed by atoms with E-state index in [1.54, 1.807) is 17.8 Å². The van der Waals surface area contributed by atoms with Gasteiger partial charge in [0.2, 0.25) is 0 Å². The van der Waals surface area contributed by atoms with Gasteiger partial charge in [0.15, 0.2) is 0 Å². The van der Waals surface area contributed by atoms with Crippen LogP contribution < -0.4 is 5.32 Å². The average Bonchev–Trinajstić information content (AvgIpc) is 2.65. The molecule has 1 aliphatic rings. The first-order valence-corrected chi connectivity index (χ1v) is 8.54. The number of anilines is 2. The Morgan fingerprint density at radius 2 is 1.68 bits per heavy atom. The van der Waals surface area contributed by atoms with Crippen LogP contribution in [0.4, 0.5) is 15.8 Å². The Hall–Kier alpha value is -3.03. The second kappa shape index (κ2) is 6.12. The van der Waals surface area contributed by atoms with E-state index in [2.05, 4.69) is 18.0 Å². The number of hydrogen-bond donors (Lipinski definition) is 1. The first-order valence-electron chi connectivity index (χ1n) is 7.73. The summed E-state index contributed by atoms with van der Waals surface area (Å²) in [6.45, 7) is 4.10. The molecule has 0 amide bonds. The Labute approximate surface area is 149 Å². The number of fused-ring (bicyclic) bond motifs is 2. The van der Waals surface area contributed by atoms with E-state index in [1.807, 2.05) is 42.5 Å². The molecule has 0 spiro atoms. The SMILES string of the molecule is C=C(c1ccc(C#N)c(F)c1)c1ccc2c(c1)Nc1ccccc1S2. The first kappa shape index (κ1) is 15.5. The lowest BCUT2D eigenvalue weighted by atomic mass is 9.98. The third kappa shape index (κ3) is 2.79. The minimum Gasteiger partial charge on any atom is -0.354 e. The van der Waals surface area contributed by atoms with Crippen LogP contribution in [0.25, 0.3) is 5.57 Å². The summed E-state index contributed by atoms with van der Waals surface area (Å²) < 4.78 is 13.9. The van der Waals surface area contributed by atoms with Crippen LogP contribution in [0, 0.1) is 17.1 Å². The van der Waals surface area contributed by atoms with Crippen LogP contribution in [0.2, 0.25) is 0 Å². The highest BCUT2D eigenvalue weighted by Gasteiger charge is 2.16. The lowest BCUT2D eigenvalue weighted by Crippen LogP contribution is -2.00. The van der Waals surface area contributed by atoms with Gasteiger partial charge in [-0.2, -0.15) is 5.26 Å². The van der Waals surface area contributed by atoms with Crippen molar-refractivity contribution >= 4 is 28.7 Å². The molecule has 0 aromatic heterocycles. The molecule has 0 aliphatic carbocycles. The maximum atomic E-state index is 13.9. The molecular weight excluding hydrogens is 331 g/mol. The van der Waals surface area contributed by atoms with Gasteiger partial charge >= 0.3 is 0 Å². The number of hydrogen-bond acceptors (Lipinski definition) is 3. The molecule has 120 valence electrons. The summed E-state index contributed by atoms with van der Waals surface area (Å²) in [7, 11) is 0. The minimum atomic E-state index is -0.526. The normalized spacial score (nSPS) is 11.7. The van der Waals surface area contributed by atoms with Crippen molar-refractivity contribution < 1.29 is 4.39 Å². The molecule has 4 rings (SSSR count). The Balaban J connectivity index is 1.68. The van der Waals surface area contributed by atoms with Gasteiger partial charge in [0.1, 0.15) is 11.9 Å². The molecule has 1 aliphatic heterocycles. The smallest absolute Gasteiger partial charge is 0.141 e. The van der Waals surface area contributed by atoms with Gasteiger partial charge in [-0.1, -0.05) is 42.6 Å². The zero-order valence-corrected chi connectivity index (χ0v) is 14.0. The summed E-state index contributed by atoms with van der Waals surface area (Å²) in [5.41, 5.74) is 4.42. The lowest BCUT2D eigenvalue weighted by molar-refractivity contribution is 0.623. The fraction of sp³-hybridized carbons (Fsp3) is 0. The second-order valence-electron chi connectivity index (χ2n) is 5.72. The molecule has 0 radical (unpaired) electrons. The molecule has 0 saturated carbocycles. The van der Waals surface area contributed by atoms with E-state index < -0.39 is 5.82 Å². The molecule has 0 bridgehead atoms. The Morgan fingerprint density at radius 1 is 0.960 bits per heavy atom. The highest BCUT2D eigenvalue weighted by atomic mass is 32.2. The van der Waals surface area contributed by atoms with Crippen molar-refractivity contribution in [2.75, 3.05) is 5.32 Å². The van der Waals surface area contributed by atoms with Gasteiger partial charge in [0.05, 0.1) is 16.9 Å². The Kier molecular flexibility index (Phi) is 3.79. The van der Waals surface area contributed by atoms with E-state index in [0.29, 0.717) is 5.56 Å². The number of nitrogens with one attached hydrogen (secondary N) is 1. The van der Waals surface area contributed by atoms with Crippen LogP contribution in [-0.4, -0.2) is 0 Å². The molecule has 4 heteroatoms. The number of halogens is 1. The van der Waals surface area contributed by atoms with Gasteiger partial charge in [0, 0.05) is 9.79 Å². The van der Waals surface area contributed by atoms with Crippen molar-refractivity contribution in [3.05, 3.63) is 89.8 Å². The molecule has 25 heavy (non-hydrogen) atoms. The highest BCUT2D eigenvalue weighted by molar-refractivity contribution is 7.99. The zero-order valence-electron chi connectivity index (χ0n) is 13.2. The third-order valence-corrected chi connectivity index (χ3v) is 5.29. The summed E-state index contributed by atoms with van der Waals surface area (Å²) in [4.78, 5) is 2.33. The molecule has 0 atom stereocenters. The monoisotopic (exact) mass is 344 g/mol. The highest BCUT2D eigenvalue weighted by Crippen LogP contribution is 2.44. The average molecular weight is 344 g/mol. The third-order valence-electron chi connectivity index (χ3n) is 4.14. The predicted octanol–water partition coefficient (Wildman–Crippen LogP) is 5.97. The number of benzene rings is 3. The van der Waals surface area contributed by atoms with Crippen LogP contribution in [0.1, 0.15) is 16.7 Å². The number of nitriles is 1. The molecule has 0 saturated heterocycles. The number of nitrogens with zero attached hydrogens (tertiary/aromatic N) is 1. The minimum absolute atomic E-state index is 0.0386. The molecule has 1 heterocycles. The van der Waals surface area contributed by atoms with E-state index in [9.17, 15) is 4.39 Å². The molecule has 0 unspecified atom stereocenters. The topological polar surface area (TPSA) is 35.8 Å². The maximum Gasteiger partial charge on any atom is 0.141 e. The first-order chi connectivity index (χ1) is 12.2. The molecular formula is C21H13FN2S. The van der Waals surface area contributed by atoms with Gasteiger partial charge in [-0.3, -0.25) is 0 Å². The molecule has 3 aromatic rings. The Morgan fingerprint density at radius 3 is 2.48 bits per heavy atom. The van der Waals surface area contributed by atoms with Gasteiger partial charge < -0.3 is 5.32 Å². The van der Waals surface area contributed by atoms with Crippen molar-refractivity contribution in [1.29, 1.82) is 5.26 Å². The van der Waals surface area contributed by atoms with Crippen LogP contribution in [-0.2, 0) is 0 Å². The van der Waals surface area contributed by atoms with Crippen molar-refractivity contribution in [2.45, 2.75) is 9.79 Å². The molecule has 2 nitrogen and oxygen atoms in total. The number of rotatable bonds is 2. The van der Waals surface area contributed by atoms with E-state index in [0.717, 1.165) is 27.4 Å². The van der Waals surface area contributed by atoms with E-state index >= 15 is 0 Å². The summed E-state index contributed by atoms with van der Waals surface area (Å²) in [6, 6.07) is 20.6. The van der Waals surface area contributed by atoms with Gasteiger partial charge in [-0.05, 0) is 53.1 Å². The second-order valence-corrected chi connectivity index (χ2v) is 6.80. The van der Waals surface area contributed by atoms with Gasteiger partial charge in [-0.25, -0.2) is 4.39 Å². The number of para-hydroxylation sites is 1. The van der Waals surface area contributed by atoms with Crippen LogP contribution in [0.3, 0.4) is 0 Å². The summed E-state index contributed by atoms with van der Waals surface area (Å²) >= 11 is 1.72. The van der Waals surface area contributed by atoms with Crippen LogP contribution in [0.5, 0.6) is 0 Å². The van der Waals surface area contributed by atoms with E-state index in [-0.39, 0.29) is 5.56 Å².